The zero-order valence-corrected chi connectivity index (χ0v) is 15.2. The minimum atomic E-state index is -4.52. The third-order valence-corrected chi connectivity index (χ3v) is 4.91. The molecular formula is C24H20F3N. The summed E-state index contributed by atoms with van der Waals surface area (Å²) >= 11 is 0. The van der Waals surface area contributed by atoms with E-state index in [9.17, 15) is 13.2 Å². The van der Waals surface area contributed by atoms with Crippen LogP contribution in [0.5, 0.6) is 0 Å². The SMILES string of the molecule is [2H]C([2H])([2H])c1cc(-c2ncc(C)c3c2ccc2c(C)cc(C(F)(F)F)cc23)cc(C([2H])([2H])[2H])c1. The number of pyridine rings is 1. The fourth-order valence-electron chi connectivity index (χ4n) is 3.70. The molecule has 0 amide bonds. The number of alkyl halides is 3. The van der Waals surface area contributed by atoms with E-state index in [4.69, 9.17) is 8.22 Å². The van der Waals surface area contributed by atoms with Gasteiger partial charge in [0.15, 0.2) is 0 Å². The van der Waals surface area contributed by atoms with Gasteiger partial charge in [-0.25, -0.2) is 0 Å². The molecule has 0 saturated heterocycles. The Balaban J connectivity index is 2.10. The van der Waals surface area contributed by atoms with Crippen LogP contribution in [0.25, 0.3) is 32.8 Å². The Labute approximate surface area is 170 Å². The highest BCUT2D eigenvalue weighted by Gasteiger charge is 2.31. The topological polar surface area (TPSA) is 12.9 Å². The molecule has 1 heterocycles. The average molecular weight is 385 g/mol. The summed E-state index contributed by atoms with van der Waals surface area (Å²) in [5.74, 6) is 0. The van der Waals surface area contributed by atoms with E-state index in [-0.39, 0.29) is 16.7 Å². The van der Waals surface area contributed by atoms with Crippen LogP contribution in [0.3, 0.4) is 0 Å². The number of rotatable bonds is 1. The summed E-state index contributed by atoms with van der Waals surface area (Å²) in [6, 6.07) is 9.50. The summed E-state index contributed by atoms with van der Waals surface area (Å²) in [7, 11) is 0. The Morgan fingerprint density at radius 2 is 1.50 bits per heavy atom. The van der Waals surface area contributed by atoms with E-state index in [1.807, 2.05) is 0 Å². The first-order chi connectivity index (χ1) is 15.6. The largest absolute Gasteiger partial charge is 0.416 e. The van der Waals surface area contributed by atoms with Gasteiger partial charge >= 0.3 is 6.18 Å². The predicted octanol–water partition coefficient (Wildman–Crippen LogP) is 7.31. The number of aryl methyl sites for hydroxylation is 4. The van der Waals surface area contributed by atoms with Crippen molar-refractivity contribution in [1.82, 2.24) is 4.98 Å². The van der Waals surface area contributed by atoms with E-state index in [0.717, 1.165) is 18.2 Å². The molecule has 0 radical (unpaired) electrons. The first-order valence-corrected chi connectivity index (χ1v) is 8.63. The lowest BCUT2D eigenvalue weighted by molar-refractivity contribution is -0.137. The number of aromatic nitrogens is 1. The van der Waals surface area contributed by atoms with Crippen molar-refractivity contribution in [1.29, 1.82) is 0 Å². The molecular weight excluding hydrogens is 359 g/mol. The smallest absolute Gasteiger partial charge is 0.255 e. The monoisotopic (exact) mass is 385 g/mol. The Bertz CT molecular complexity index is 1400. The van der Waals surface area contributed by atoms with Gasteiger partial charge < -0.3 is 0 Å². The molecule has 142 valence electrons. The van der Waals surface area contributed by atoms with Gasteiger partial charge in [-0.3, -0.25) is 4.98 Å². The highest BCUT2D eigenvalue weighted by atomic mass is 19.4. The van der Waals surface area contributed by atoms with Crippen LogP contribution in [0.1, 0.15) is 36.0 Å². The van der Waals surface area contributed by atoms with Crippen LogP contribution in [-0.2, 0) is 6.18 Å². The fraction of sp³-hybridized carbons (Fsp3) is 0.208. The minimum absolute atomic E-state index is 0.150. The molecule has 4 aromatic rings. The van der Waals surface area contributed by atoms with E-state index in [2.05, 4.69) is 4.98 Å². The first kappa shape index (κ1) is 12.6. The van der Waals surface area contributed by atoms with Gasteiger partial charge in [-0.2, -0.15) is 13.2 Å². The van der Waals surface area contributed by atoms with Crippen molar-refractivity contribution in [2.45, 2.75) is 33.7 Å². The van der Waals surface area contributed by atoms with Crippen LogP contribution in [0.15, 0.2) is 48.7 Å². The predicted molar refractivity (Wildman–Crippen MR) is 109 cm³/mol. The second-order valence-electron chi connectivity index (χ2n) is 6.96. The van der Waals surface area contributed by atoms with Gasteiger partial charge in [-0.15, -0.1) is 0 Å². The minimum Gasteiger partial charge on any atom is -0.255 e. The van der Waals surface area contributed by atoms with Crippen molar-refractivity contribution in [3.8, 4) is 11.3 Å². The molecule has 0 bridgehead atoms. The summed E-state index contributed by atoms with van der Waals surface area (Å²) in [4.78, 5) is 4.43. The highest BCUT2D eigenvalue weighted by Crippen LogP contribution is 2.39. The molecule has 0 aliphatic heterocycles. The maximum atomic E-state index is 13.5. The lowest BCUT2D eigenvalue weighted by Gasteiger charge is -2.15. The van der Waals surface area contributed by atoms with Crippen molar-refractivity contribution in [3.63, 3.8) is 0 Å². The summed E-state index contributed by atoms with van der Waals surface area (Å²) in [6.07, 6.45) is -3.02. The third-order valence-electron chi connectivity index (χ3n) is 4.91. The number of hydrogen-bond acceptors (Lipinski definition) is 1. The third kappa shape index (κ3) is 3.03. The van der Waals surface area contributed by atoms with Crippen molar-refractivity contribution in [2.24, 2.45) is 0 Å². The quantitative estimate of drug-likeness (QED) is 0.313. The van der Waals surface area contributed by atoms with E-state index in [0.29, 0.717) is 38.4 Å². The molecule has 0 atom stereocenters. The van der Waals surface area contributed by atoms with Crippen molar-refractivity contribution >= 4 is 21.5 Å². The molecule has 1 aromatic heterocycles. The molecule has 0 N–H and O–H groups in total. The van der Waals surface area contributed by atoms with Crippen LogP contribution >= 0.6 is 0 Å². The van der Waals surface area contributed by atoms with Gasteiger partial charge in [-0.05, 0) is 79.1 Å². The van der Waals surface area contributed by atoms with Crippen molar-refractivity contribution in [3.05, 3.63) is 76.5 Å². The van der Waals surface area contributed by atoms with Gasteiger partial charge in [-0.1, -0.05) is 29.3 Å². The highest BCUT2D eigenvalue weighted by molar-refractivity contribution is 6.13. The maximum Gasteiger partial charge on any atom is 0.416 e. The molecule has 4 rings (SSSR count). The Morgan fingerprint density at radius 1 is 0.821 bits per heavy atom. The Morgan fingerprint density at radius 3 is 2.14 bits per heavy atom. The molecule has 3 aromatic carbocycles. The van der Waals surface area contributed by atoms with E-state index >= 15 is 0 Å². The number of nitrogens with zero attached hydrogens (tertiary/aromatic N) is 1. The number of benzene rings is 3. The standard InChI is InChI=1S/C24H20F3N/c1-13-7-14(2)9-17(8-13)23-20-6-5-19-15(3)10-18(24(25,26)27)11-21(19)22(20)16(4)12-28-23/h5-12H,1-4H3/i1D3,2D3. The normalized spacial score (nSPS) is 16.2. The number of hydrogen-bond donors (Lipinski definition) is 0. The Kier molecular flexibility index (Phi) is 2.84. The fourth-order valence-corrected chi connectivity index (χ4v) is 3.70. The summed E-state index contributed by atoms with van der Waals surface area (Å²) in [5, 5.41) is 2.10. The maximum absolute atomic E-state index is 13.5. The lowest BCUT2D eigenvalue weighted by Crippen LogP contribution is -2.05. The summed E-state index contributed by atoms with van der Waals surface area (Å²) in [5.41, 5.74) is 0.619. The average Bonchev–Trinajstić information content (AvgIpc) is 2.71. The van der Waals surface area contributed by atoms with E-state index in [1.165, 1.54) is 18.3 Å². The second kappa shape index (κ2) is 6.33. The molecule has 0 unspecified atom stereocenters. The van der Waals surface area contributed by atoms with Gasteiger partial charge in [0.2, 0.25) is 0 Å². The number of halogens is 3. The molecule has 1 nitrogen and oxygen atoms in total. The molecule has 4 heteroatoms. The first-order valence-electron chi connectivity index (χ1n) is 11.6. The summed E-state index contributed by atoms with van der Waals surface area (Å²) < 4.78 is 87.2. The lowest BCUT2D eigenvalue weighted by atomic mass is 9.92. The van der Waals surface area contributed by atoms with Crippen LogP contribution in [0, 0.1) is 27.6 Å². The molecule has 28 heavy (non-hydrogen) atoms. The zero-order valence-electron chi connectivity index (χ0n) is 21.2. The molecule has 0 aliphatic rings. The van der Waals surface area contributed by atoms with E-state index in [1.54, 1.807) is 26.0 Å². The van der Waals surface area contributed by atoms with Crippen molar-refractivity contribution < 1.29 is 21.4 Å². The number of fused-ring (bicyclic) bond motifs is 3. The zero-order chi connectivity index (χ0) is 25.2. The van der Waals surface area contributed by atoms with E-state index < -0.39 is 25.4 Å². The van der Waals surface area contributed by atoms with Crippen LogP contribution in [0.2, 0.25) is 0 Å². The second-order valence-corrected chi connectivity index (χ2v) is 6.96. The molecule has 0 fully saturated rings. The van der Waals surface area contributed by atoms with Crippen LogP contribution in [-0.4, -0.2) is 4.98 Å². The molecule has 0 spiro atoms. The molecule has 0 saturated carbocycles. The van der Waals surface area contributed by atoms with Gasteiger partial charge in [0.05, 0.1) is 11.3 Å². The van der Waals surface area contributed by atoms with Gasteiger partial charge in [0, 0.05) is 25.4 Å². The Hall–Kier alpha value is -2.88. The van der Waals surface area contributed by atoms with Crippen LogP contribution in [0.4, 0.5) is 13.2 Å². The summed E-state index contributed by atoms with van der Waals surface area (Å²) in [6.45, 7) is -1.76. The molecule has 0 aliphatic carbocycles. The van der Waals surface area contributed by atoms with Crippen molar-refractivity contribution in [2.75, 3.05) is 0 Å². The van der Waals surface area contributed by atoms with Crippen LogP contribution < -0.4 is 0 Å². The van der Waals surface area contributed by atoms with Gasteiger partial charge in [0.1, 0.15) is 0 Å². The van der Waals surface area contributed by atoms with Gasteiger partial charge in [0.25, 0.3) is 0 Å².